The van der Waals surface area contributed by atoms with Crippen molar-refractivity contribution in [2.75, 3.05) is 6.61 Å². The minimum atomic E-state index is -0.191. The molecule has 12 heteroatoms. The van der Waals surface area contributed by atoms with Gasteiger partial charge in [0.05, 0.1) is 56.4 Å². The monoisotopic (exact) mass is 674 g/mol. The number of aliphatic hydroxyl groups excluding tert-OH is 1. The van der Waals surface area contributed by atoms with E-state index in [1.807, 2.05) is 27.7 Å². The second-order valence-electron chi connectivity index (χ2n) is 11.6. The zero-order chi connectivity index (χ0) is 35.8. The molecule has 0 unspecified atom stereocenters. The molecule has 4 aromatic carbocycles. The number of hydrogen-bond donors (Lipinski definition) is 3. The van der Waals surface area contributed by atoms with Crippen LogP contribution in [0.4, 0.5) is 0 Å². The molecule has 0 aliphatic carbocycles. The molecule has 0 atom stereocenters. The summed E-state index contributed by atoms with van der Waals surface area (Å²) in [7, 11) is 0. The number of fused-ring (bicyclic) bond motifs is 2. The van der Waals surface area contributed by atoms with Gasteiger partial charge in [-0.25, -0.2) is 9.97 Å². The standard InChI is InChI=1S/2C18H15N3O2.C2H6O.H2O/c2*1-11(2)17-20-16-9-14(22)7-8-15(16)18(23)21(17)13-5-3-12(10-19)4-6-13;1-2-3;/h2*3-9,11,22H,1-2H3;3H,2H2,1H3;1H2. The van der Waals surface area contributed by atoms with Crippen LogP contribution in [0.3, 0.4) is 0 Å². The van der Waals surface area contributed by atoms with Crippen LogP contribution in [0.25, 0.3) is 33.2 Å². The fourth-order valence-electron chi connectivity index (χ4n) is 5.03. The molecule has 256 valence electrons. The van der Waals surface area contributed by atoms with Gasteiger partial charge in [-0.1, -0.05) is 27.7 Å². The van der Waals surface area contributed by atoms with E-state index in [0.29, 0.717) is 56.0 Å². The van der Waals surface area contributed by atoms with Crippen LogP contribution in [0.2, 0.25) is 0 Å². The molecule has 2 heterocycles. The van der Waals surface area contributed by atoms with E-state index in [1.54, 1.807) is 76.7 Å². The van der Waals surface area contributed by atoms with Crippen molar-refractivity contribution in [3.63, 3.8) is 0 Å². The number of hydrogen-bond acceptors (Lipinski definition) is 9. The summed E-state index contributed by atoms with van der Waals surface area (Å²) < 4.78 is 3.12. The maximum Gasteiger partial charge on any atom is 0.265 e. The Hall–Kier alpha value is -6.34. The van der Waals surface area contributed by atoms with Crippen molar-refractivity contribution in [3.8, 4) is 35.0 Å². The molecule has 0 spiro atoms. The fourth-order valence-corrected chi connectivity index (χ4v) is 5.03. The Morgan fingerprint density at radius 2 is 0.960 bits per heavy atom. The molecule has 0 saturated carbocycles. The minimum Gasteiger partial charge on any atom is -0.508 e. The van der Waals surface area contributed by atoms with Crippen LogP contribution in [-0.4, -0.2) is 46.5 Å². The van der Waals surface area contributed by atoms with E-state index in [-0.39, 0.29) is 46.5 Å². The fraction of sp³-hybridized carbons (Fsp3) is 0.211. The van der Waals surface area contributed by atoms with Crippen molar-refractivity contribution in [2.45, 2.75) is 46.5 Å². The molecular formula is C38H38N6O6. The first-order valence-corrected chi connectivity index (χ1v) is 15.6. The molecule has 6 aromatic rings. The topological polar surface area (TPSA) is 210 Å². The zero-order valence-corrected chi connectivity index (χ0v) is 28.3. The molecule has 6 rings (SSSR count). The molecule has 2 aromatic heterocycles. The number of aromatic hydroxyl groups is 2. The summed E-state index contributed by atoms with van der Waals surface area (Å²) in [6, 6.07) is 26.8. The number of benzene rings is 4. The van der Waals surface area contributed by atoms with E-state index in [9.17, 15) is 19.8 Å². The molecule has 0 fully saturated rings. The van der Waals surface area contributed by atoms with Gasteiger partial charge in [-0.05, 0) is 79.7 Å². The highest BCUT2D eigenvalue weighted by Gasteiger charge is 2.17. The summed E-state index contributed by atoms with van der Waals surface area (Å²) in [5.74, 6) is 1.41. The molecule has 0 saturated heterocycles. The third-order valence-electron chi connectivity index (χ3n) is 7.30. The van der Waals surface area contributed by atoms with E-state index in [1.165, 1.54) is 24.3 Å². The van der Waals surface area contributed by atoms with Crippen LogP contribution in [0.5, 0.6) is 11.5 Å². The van der Waals surface area contributed by atoms with Crippen LogP contribution in [-0.2, 0) is 0 Å². The zero-order valence-electron chi connectivity index (χ0n) is 28.3. The van der Waals surface area contributed by atoms with Gasteiger partial charge in [0.15, 0.2) is 0 Å². The molecule has 0 aliphatic rings. The molecule has 12 nitrogen and oxygen atoms in total. The molecular weight excluding hydrogens is 636 g/mol. The highest BCUT2D eigenvalue weighted by molar-refractivity contribution is 5.80. The summed E-state index contributed by atoms with van der Waals surface area (Å²) in [6.45, 7) is 9.75. The molecule has 0 amide bonds. The van der Waals surface area contributed by atoms with Crippen molar-refractivity contribution < 1.29 is 20.8 Å². The third kappa shape index (κ3) is 8.20. The minimum absolute atomic E-state index is 0. The Labute approximate surface area is 288 Å². The second-order valence-corrected chi connectivity index (χ2v) is 11.6. The van der Waals surface area contributed by atoms with Gasteiger partial charge in [0.2, 0.25) is 0 Å². The smallest absolute Gasteiger partial charge is 0.265 e. The number of phenolic OH excluding ortho intramolecular Hbond substituents is 2. The molecule has 0 radical (unpaired) electrons. The van der Waals surface area contributed by atoms with Gasteiger partial charge in [-0.3, -0.25) is 18.7 Å². The average molecular weight is 675 g/mol. The second kappa shape index (κ2) is 16.7. The third-order valence-corrected chi connectivity index (χ3v) is 7.30. The first-order valence-electron chi connectivity index (χ1n) is 15.6. The summed E-state index contributed by atoms with van der Waals surface area (Å²) in [4.78, 5) is 34.9. The lowest BCUT2D eigenvalue weighted by Gasteiger charge is -2.16. The Morgan fingerprint density at radius 1 is 0.640 bits per heavy atom. The predicted molar refractivity (Wildman–Crippen MR) is 192 cm³/mol. The number of aliphatic hydroxyl groups is 1. The Bertz CT molecular complexity index is 2150. The number of rotatable bonds is 4. The predicted octanol–water partition coefficient (Wildman–Crippen LogP) is 5.35. The van der Waals surface area contributed by atoms with Crippen molar-refractivity contribution in [1.82, 2.24) is 19.1 Å². The normalized spacial score (nSPS) is 10.4. The lowest BCUT2D eigenvalue weighted by Crippen LogP contribution is -2.24. The van der Waals surface area contributed by atoms with Crippen molar-refractivity contribution in [3.05, 3.63) is 128 Å². The quantitative estimate of drug-likeness (QED) is 0.220. The van der Waals surface area contributed by atoms with Crippen molar-refractivity contribution >= 4 is 21.8 Å². The molecule has 5 N–H and O–H groups in total. The van der Waals surface area contributed by atoms with Crippen LogP contribution in [0.15, 0.2) is 94.5 Å². The van der Waals surface area contributed by atoms with E-state index < -0.39 is 0 Å². The lowest BCUT2D eigenvalue weighted by atomic mass is 10.1. The van der Waals surface area contributed by atoms with Crippen molar-refractivity contribution in [2.24, 2.45) is 0 Å². The maximum atomic E-state index is 12.9. The van der Waals surface area contributed by atoms with Crippen LogP contribution in [0.1, 0.15) is 69.2 Å². The Balaban J connectivity index is 0.000000246. The number of phenols is 2. The van der Waals surface area contributed by atoms with Crippen LogP contribution >= 0.6 is 0 Å². The summed E-state index contributed by atoms with van der Waals surface area (Å²) >= 11 is 0. The number of nitrogens with zero attached hydrogens (tertiary/aromatic N) is 6. The van der Waals surface area contributed by atoms with E-state index >= 15 is 0 Å². The van der Waals surface area contributed by atoms with Gasteiger partial charge in [0.1, 0.15) is 23.1 Å². The van der Waals surface area contributed by atoms with E-state index in [4.69, 9.17) is 15.6 Å². The number of aromatic nitrogens is 4. The average Bonchev–Trinajstić information content (AvgIpc) is 3.08. The Kier molecular flexibility index (Phi) is 12.7. The van der Waals surface area contributed by atoms with Crippen molar-refractivity contribution in [1.29, 1.82) is 10.5 Å². The van der Waals surface area contributed by atoms with Gasteiger partial charge < -0.3 is 20.8 Å². The lowest BCUT2D eigenvalue weighted by molar-refractivity contribution is 0.318. The highest BCUT2D eigenvalue weighted by Crippen LogP contribution is 2.23. The van der Waals surface area contributed by atoms with Crippen LogP contribution in [0, 0.1) is 22.7 Å². The van der Waals surface area contributed by atoms with E-state index in [2.05, 4.69) is 22.1 Å². The van der Waals surface area contributed by atoms with Gasteiger partial charge in [0.25, 0.3) is 11.1 Å². The van der Waals surface area contributed by atoms with E-state index in [0.717, 1.165) is 0 Å². The SMILES string of the molecule is CC(C)c1nc2cc(O)ccc2c(=O)n1-c1ccc(C#N)cc1.CC(C)c1nc2cc(O)ccc2c(=O)n1-c1ccc(C#N)cc1.CCO.O. The maximum absolute atomic E-state index is 12.9. The molecule has 50 heavy (non-hydrogen) atoms. The number of nitriles is 2. The first-order chi connectivity index (χ1) is 23.4. The highest BCUT2D eigenvalue weighted by atomic mass is 16.3. The summed E-state index contributed by atoms with van der Waals surface area (Å²) in [5.41, 5.74) is 2.97. The largest absolute Gasteiger partial charge is 0.508 e. The van der Waals surface area contributed by atoms with Gasteiger partial charge in [-0.15, -0.1) is 0 Å². The molecule has 0 bridgehead atoms. The first kappa shape index (κ1) is 38.1. The van der Waals surface area contributed by atoms with Gasteiger partial charge in [-0.2, -0.15) is 10.5 Å². The van der Waals surface area contributed by atoms with Gasteiger partial charge in [0, 0.05) is 30.6 Å². The van der Waals surface area contributed by atoms with Gasteiger partial charge >= 0.3 is 0 Å². The van der Waals surface area contributed by atoms with Crippen LogP contribution < -0.4 is 11.1 Å². The molecule has 0 aliphatic heterocycles. The summed E-state index contributed by atoms with van der Waals surface area (Å²) in [6.07, 6.45) is 0. The summed E-state index contributed by atoms with van der Waals surface area (Å²) in [5, 5.41) is 45.5. The Morgan fingerprint density at radius 3 is 1.24 bits per heavy atom.